The number of aryl methyl sites for hydroxylation is 1. The van der Waals surface area contributed by atoms with Crippen molar-refractivity contribution in [3.05, 3.63) is 58.6 Å². The largest absolute Gasteiger partial charge is 0.322 e. The van der Waals surface area contributed by atoms with Crippen LogP contribution in [-0.2, 0) is 0 Å². The smallest absolute Gasteiger partial charge is 0.190 e. The normalized spacial score (nSPS) is 12.2. The Labute approximate surface area is 148 Å². The highest BCUT2D eigenvalue weighted by molar-refractivity contribution is 7.99. The van der Waals surface area contributed by atoms with Crippen LogP contribution in [-0.4, -0.2) is 20.2 Å². The predicted molar refractivity (Wildman–Crippen MR) is 94.3 cm³/mol. The second kappa shape index (κ2) is 7.19. The first-order chi connectivity index (χ1) is 11.5. The fourth-order valence-electron chi connectivity index (χ4n) is 2.06. The molecule has 1 atom stereocenters. The maximum Gasteiger partial charge on any atom is 0.190 e. The molecule has 3 rings (SSSR count). The molecule has 0 aliphatic carbocycles. The summed E-state index contributed by atoms with van der Waals surface area (Å²) in [5, 5.41) is 11.1. The first-order valence-electron chi connectivity index (χ1n) is 7.25. The average molecular weight is 364 g/mol. The van der Waals surface area contributed by atoms with Gasteiger partial charge in [-0.25, -0.2) is 14.4 Å². The van der Waals surface area contributed by atoms with Crippen molar-refractivity contribution in [3.63, 3.8) is 0 Å². The average Bonchev–Trinajstić information content (AvgIpc) is 2.96. The Kier molecular flexibility index (Phi) is 5.01. The Morgan fingerprint density at radius 2 is 2.04 bits per heavy atom. The van der Waals surface area contributed by atoms with Gasteiger partial charge in [0.25, 0.3) is 0 Å². The summed E-state index contributed by atoms with van der Waals surface area (Å²) in [4.78, 5) is 8.69. The quantitative estimate of drug-likeness (QED) is 0.498. The van der Waals surface area contributed by atoms with E-state index in [-0.39, 0.29) is 11.1 Å². The van der Waals surface area contributed by atoms with E-state index in [0.29, 0.717) is 21.8 Å². The second-order valence-electron chi connectivity index (χ2n) is 5.22. The summed E-state index contributed by atoms with van der Waals surface area (Å²) < 4.78 is 13.0. The van der Waals surface area contributed by atoms with E-state index in [4.69, 9.17) is 11.6 Å². The van der Waals surface area contributed by atoms with Gasteiger partial charge in [0.05, 0.1) is 6.20 Å². The maximum absolute atomic E-state index is 13.0. The Bertz CT molecular complexity index is 837. The van der Waals surface area contributed by atoms with Crippen LogP contribution in [0.1, 0.15) is 23.4 Å². The molecule has 1 aromatic carbocycles. The van der Waals surface area contributed by atoms with Gasteiger partial charge < -0.3 is 5.32 Å². The number of hydrogen-bond donors (Lipinski definition) is 2. The molecule has 0 spiro atoms. The molecule has 0 unspecified atom stereocenters. The van der Waals surface area contributed by atoms with Crippen LogP contribution in [0.15, 0.2) is 41.7 Å². The van der Waals surface area contributed by atoms with Crippen molar-refractivity contribution < 1.29 is 4.39 Å². The van der Waals surface area contributed by atoms with Crippen molar-refractivity contribution in [2.24, 2.45) is 0 Å². The van der Waals surface area contributed by atoms with Crippen LogP contribution >= 0.6 is 23.4 Å². The lowest BCUT2D eigenvalue weighted by atomic mass is 10.2. The van der Waals surface area contributed by atoms with Crippen LogP contribution in [0.2, 0.25) is 5.02 Å². The Morgan fingerprint density at radius 3 is 2.71 bits per heavy atom. The molecule has 0 radical (unpaired) electrons. The number of aromatic nitrogens is 4. The van der Waals surface area contributed by atoms with Crippen LogP contribution in [0.25, 0.3) is 0 Å². The highest BCUT2D eigenvalue weighted by Gasteiger charge is 2.13. The molecule has 2 N–H and O–H groups in total. The van der Waals surface area contributed by atoms with Gasteiger partial charge in [0.1, 0.15) is 10.8 Å². The van der Waals surface area contributed by atoms with E-state index in [1.165, 1.54) is 23.9 Å². The fraction of sp³-hybridized carbons (Fsp3) is 0.188. The van der Waals surface area contributed by atoms with Crippen molar-refractivity contribution in [3.8, 4) is 0 Å². The molecule has 0 fully saturated rings. The highest BCUT2D eigenvalue weighted by Crippen LogP contribution is 2.34. The third kappa shape index (κ3) is 4.04. The van der Waals surface area contributed by atoms with Gasteiger partial charge in [-0.2, -0.15) is 5.10 Å². The van der Waals surface area contributed by atoms with Crippen molar-refractivity contribution in [1.29, 1.82) is 0 Å². The van der Waals surface area contributed by atoms with Gasteiger partial charge in [0.2, 0.25) is 0 Å². The lowest BCUT2D eigenvalue weighted by molar-refractivity contribution is 0.627. The van der Waals surface area contributed by atoms with E-state index in [1.54, 1.807) is 18.3 Å². The summed E-state index contributed by atoms with van der Waals surface area (Å²) in [5.41, 5.74) is 1.93. The van der Waals surface area contributed by atoms with Crippen LogP contribution in [0.4, 0.5) is 16.0 Å². The first kappa shape index (κ1) is 16.7. The molecule has 0 aliphatic rings. The third-order valence-electron chi connectivity index (χ3n) is 3.30. The van der Waals surface area contributed by atoms with Crippen molar-refractivity contribution in [1.82, 2.24) is 20.2 Å². The molecule has 0 saturated carbocycles. The van der Waals surface area contributed by atoms with E-state index in [2.05, 4.69) is 25.5 Å². The number of rotatable bonds is 5. The molecule has 5 nitrogen and oxygen atoms in total. The third-order valence-corrected chi connectivity index (χ3v) is 4.61. The summed E-state index contributed by atoms with van der Waals surface area (Å²) >= 11 is 7.62. The van der Waals surface area contributed by atoms with Crippen LogP contribution in [0.5, 0.6) is 0 Å². The summed E-state index contributed by atoms with van der Waals surface area (Å²) in [5.74, 6) is 0.877. The number of aromatic amines is 1. The van der Waals surface area contributed by atoms with Crippen LogP contribution in [0.3, 0.4) is 0 Å². The molecule has 0 saturated heterocycles. The summed E-state index contributed by atoms with van der Waals surface area (Å²) in [7, 11) is 0. The zero-order valence-electron chi connectivity index (χ0n) is 13.0. The standard InChI is InChI=1S/C16H15ClFN5S/c1-9-7-14(23-22-9)20-15-13(17)8-19-16(21-15)24-10(2)11-3-5-12(18)6-4-11/h3-8,10H,1-2H3,(H2,19,20,21,22,23)/t10-/m0/s1. The molecular formula is C16H15ClFN5S. The Balaban J connectivity index is 1.76. The number of thioether (sulfide) groups is 1. The van der Waals surface area contributed by atoms with Crippen LogP contribution in [0, 0.1) is 12.7 Å². The van der Waals surface area contributed by atoms with E-state index in [9.17, 15) is 4.39 Å². The molecular weight excluding hydrogens is 349 g/mol. The number of H-pyrrole nitrogens is 1. The van der Waals surface area contributed by atoms with Gasteiger partial charge in [-0.1, -0.05) is 35.5 Å². The van der Waals surface area contributed by atoms with Gasteiger partial charge in [-0.3, -0.25) is 5.10 Å². The van der Waals surface area contributed by atoms with E-state index in [0.717, 1.165) is 11.3 Å². The zero-order valence-corrected chi connectivity index (χ0v) is 14.6. The highest BCUT2D eigenvalue weighted by atomic mass is 35.5. The number of nitrogens with zero attached hydrogens (tertiary/aromatic N) is 3. The van der Waals surface area contributed by atoms with Crippen LogP contribution < -0.4 is 5.32 Å². The van der Waals surface area contributed by atoms with Crippen molar-refractivity contribution >= 4 is 35.0 Å². The molecule has 8 heteroatoms. The van der Waals surface area contributed by atoms with E-state index in [1.807, 2.05) is 19.9 Å². The lowest BCUT2D eigenvalue weighted by Crippen LogP contribution is -1.99. The minimum Gasteiger partial charge on any atom is -0.322 e. The first-order valence-corrected chi connectivity index (χ1v) is 8.51. The molecule has 124 valence electrons. The topological polar surface area (TPSA) is 66.5 Å². The van der Waals surface area contributed by atoms with E-state index >= 15 is 0 Å². The second-order valence-corrected chi connectivity index (χ2v) is 6.94. The SMILES string of the molecule is Cc1cc(Nc2nc(S[C@@H](C)c3ccc(F)cc3)ncc2Cl)n[nH]1. The maximum atomic E-state index is 13.0. The number of nitrogens with one attached hydrogen (secondary N) is 2. The van der Waals surface area contributed by atoms with Crippen molar-refractivity contribution in [2.75, 3.05) is 5.32 Å². The van der Waals surface area contributed by atoms with Gasteiger partial charge in [-0.05, 0) is 31.5 Å². The number of anilines is 2. The van der Waals surface area contributed by atoms with Gasteiger partial charge in [-0.15, -0.1) is 0 Å². The molecule has 24 heavy (non-hydrogen) atoms. The fourth-order valence-corrected chi connectivity index (χ4v) is 3.06. The minimum atomic E-state index is -0.250. The molecule has 2 heterocycles. The minimum absolute atomic E-state index is 0.0762. The van der Waals surface area contributed by atoms with Crippen molar-refractivity contribution in [2.45, 2.75) is 24.3 Å². The number of halogens is 2. The number of hydrogen-bond acceptors (Lipinski definition) is 5. The summed E-state index contributed by atoms with van der Waals surface area (Å²) in [6.45, 7) is 3.92. The molecule has 2 aromatic heterocycles. The molecule has 0 aliphatic heterocycles. The predicted octanol–water partition coefficient (Wildman–Crippen LogP) is 4.90. The summed E-state index contributed by atoms with van der Waals surface area (Å²) in [6, 6.07) is 8.26. The lowest BCUT2D eigenvalue weighted by Gasteiger charge is -2.12. The Morgan fingerprint density at radius 1 is 1.29 bits per heavy atom. The molecule has 3 aromatic rings. The van der Waals surface area contributed by atoms with Gasteiger partial charge in [0, 0.05) is 17.0 Å². The zero-order chi connectivity index (χ0) is 17.1. The van der Waals surface area contributed by atoms with Gasteiger partial charge >= 0.3 is 0 Å². The molecule has 0 bridgehead atoms. The molecule has 0 amide bonds. The van der Waals surface area contributed by atoms with Gasteiger partial charge in [0.15, 0.2) is 16.8 Å². The monoisotopic (exact) mass is 363 g/mol. The summed E-state index contributed by atoms with van der Waals surface area (Å²) in [6.07, 6.45) is 1.55. The van der Waals surface area contributed by atoms with E-state index < -0.39 is 0 Å². The Hall–Kier alpha value is -2.12. The number of benzene rings is 1.